The first kappa shape index (κ1) is 7.87. The van der Waals surface area contributed by atoms with E-state index in [4.69, 9.17) is 5.11 Å². The van der Waals surface area contributed by atoms with Crippen LogP contribution in [0.4, 0.5) is 4.79 Å². The summed E-state index contributed by atoms with van der Waals surface area (Å²) in [7, 11) is 2.79. The van der Waals surface area contributed by atoms with Crippen LogP contribution in [0.5, 0.6) is 0 Å². The number of carbonyl (C=O) groups is 1. The molecular formula is C6H9N2O3. The van der Waals surface area contributed by atoms with Gasteiger partial charge in [0.1, 0.15) is 0 Å². The summed E-state index contributed by atoms with van der Waals surface area (Å²) < 4.78 is 0. The summed E-state index contributed by atoms with van der Waals surface area (Å²) in [4.78, 5) is 13.0. The predicted octanol–water partition coefficient (Wildman–Crippen LogP) is -0.426. The van der Waals surface area contributed by atoms with Gasteiger partial charge in [0.15, 0.2) is 6.23 Å². The second kappa shape index (κ2) is 2.43. The summed E-state index contributed by atoms with van der Waals surface area (Å²) in [5.74, 6) is -0.472. The highest BCUT2D eigenvalue weighted by atomic mass is 16.3. The lowest BCUT2D eigenvalue weighted by Crippen LogP contribution is -2.47. The zero-order valence-electron chi connectivity index (χ0n) is 6.31. The molecule has 0 saturated heterocycles. The van der Waals surface area contributed by atoms with Gasteiger partial charge in [-0.2, -0.15) is 0 Å². The zero-order chi connectivity index (χ0) is 8.59. The van der Waals surface area contributed by atoms with E-state index in [2.05, 4.69) is 0 Å². The van der Waals surface area contributed by atoms with E-state index in [9.17, 15) is 9.90 Å². The molecule has 0 spiro atoms. The lowest BCUT2D eigenvalue weighted by atomic mass is 10.4. The standard InChI is InChI=1S/C6H9N2O3/c1-7-4(9)3-5(10)8(2)6(7)11/h3-4,9H,1-2H3. The van der Waals surface area contributed by atoms with Crippen LogP contribution in [0.3, 0.4) is 0 Å². The highest BCUT2D eigenvalue weighted by Gasteiger charge is 2.28. The summed E-state index contributed by atoms with van der Waals surface area (Å²) in [5.41, 5.74) is 0. The topological polar surface area (TPSA) is 63.7 Å². The molecule has 0 saturated carbocycles. The molecule has 1 atom stereocenters. The maximum atomic E-state index is 11.0. The minimum atomic E-state index is -1.09. The largest absolute Gasteiger partial charge is 0.370 e. The molecule has 0 bridgehead atoms. The Hall–Kier alpha value is -1.23. The molecule has 1 aliphatic rings. The monoisotopic (exact) mass is 157 g/mol. The highest BCUT2D eigenvalue weighted by Crippen LogP contribution is 2.12. The van der Waals surface area contributed by atoms with Crippen LogP contribution < -0.4 is 0 Å². The molecule has 0 fully saturated rings. The third-order valence-electron chi connectivity index (χ3n) is 1.61. The quantitative estimate of drug-likeness (QED) is 0.518. The van der Waals surface area contributed by atoms with Crippen LogP contribution in [0, 0.1) is 0 Å². The van der Waals surface area contributed by atoms with Crippen LogP contribution in [0.2, 0.25) is 0 Å². The predicted molar refractivity (Wildman–Crippen MR) is 35.7 cm³/mol. The van der Waals surface area contributed by atoms with Crippen molar-refractivity contribution in [3.8, 4) is 0 Å². The fraction of sp³-hybridized carbons (Fsp3) is 0.500. The number of carbonyl (C=O) groups excluding carboxylic acids is 1. The fourth-order valence-corrected chi connectivity index (χ4v) is 0.795. The van der Waals surface area contributed by atoms with Gasteiger partial charge in [0.2, 0.25) is 0 Å². The van der Waals surface area contributed by atoms with Gasteiger partial charge in [-0.05, 0) is 0 Å². The van der Waals surface area contributed by atoms with Gasteiger partial charge < -0.3 is 5.11 Å². The van der Waals surface area contributed by atoms with Crippen LogP contribution in [0.15, 0.2) is 12.0 Å². The van der Waals surface area contributed by atoms with Gasteiger partial charge >= 0.3 is 6.03 Å². The average Bonchev–Trinajstić information content (AvgIpc) is 1.97. The number of amides is 2. The second-order valence-electron chi connectivity index (χ2n) is 2.37. The van der Waals surface area contributed by atoms with E-state index < -0.39 is 18.1 Å². The van der Waals surface area contributed by atoms with Gasteiger partial charge in [0, 0.05) is 20.2 Å². The van der Waals surface area contributed by atoms with Crippen LogP contribution >= 0.6 is 0 Å². The van der Waals surface area contributed by atoms with E-state index >= 15 is 0 Å². The van der Waals surface area contributed by atoms with Gasteiger partial charge in [0.25, 0.3) is 5.88 Å². The Kier molecular flexibility index (Phi) is 1.74. The van der Waals surface area contributed by atoms with Crippen LogP contribution in [-0.4, -0.2) is 41.3 Å². The molecule has 2 amide bonds. The molecule has 1 rings (SSSR count). The molecule has 0 aromatic rings. The van der Waals surface area contributed by atoms with Gasteiger partial charge in [-0.3, -0.25) is 14.9 Å². The lowest BCUT2D eigenvalue weighted by Gasteiger charge is -2.30. The van der Waals surface area contributed by atoms with E-state index in [1.807, 2.05) is 0 Å². The Morgan fingerprint density at radius 2 is 2.09 bits per heavy atom. The lowest BCUT2D eigenvalue weighted by molar-refractivity contribution is 0.0387. The van der Waals surface area contributed by atoms with Crippen molar-refractivity contribution in [1.29, 1.82) is 0 Å². The van der Waals surface area contributed by atoms with Crippen molar-refractivity contribution in [1.82, 2.24) is 9.80 Å². The number of hydrogen-bond acceptors (Lipinski definition) is 2. The number of rotatable bonds is 0. The zero-order valence-corrected chi connectivity index (χ0v) is 6.31. The molecule has 0 aromatic heterocycles. The van der Waals surface area contributed by atoms with Crippen molar-refractivity contribution in [2.24, 2.45) is 0 Å². The second-order valence-corrected chi connectivity index (χ2v) is 2.37. The number of aliphatic hydroxyl groups excluding tert-OH is 1. The average molecular weight is 157 g/mol. The van der Waals surface area contributed by atoms with E-state index in [0.29, 0.717) is 0 Å². The Labute approximate surface area is 64.1 Å². The number of urea groups is 1. The SMILES string of the molecule is CN1C(=O)N(C)C(O)C=C1[O]. The fourth-order valence-electron chi connectivity index (χ4n) is 0.795. The third-order valence-corrected chi connectivity index (χ3v) is 1.61. The summed E-state index contributed by atoms with van der Waals surface area (Å²) in [6.07, 6.45) is -0.0206. The maximum Gasteiger partial charge on any atom is 0.328 e. The molecule has 5 heteroatoms. The van der Waals surface area contributed by atoms with Crippen molar-refractivity contribution < 1.29 is 15.0 Å². The van der Waals surface area contributed by atoms with Crippen LogP contribution in [-0.2, 0) is 5.11 Å². The van der Waals surface area contributed by atoms with Crippen molar-refractivity contribution in [2.75, 3.05) is 14.1 Å². The van der Waals surface area contributed by atoms with Gasteiger partial charge in [-0.1, -0.05) is 0 Å². The minimum Gasteiger partial charge on any atom is -0.370 e. The molecule has 1 aliphatic heterocycles. The summed E-state index contributed by atoms with van der Waals surface area (Å²) in [5, 5.41) is 19.9. The third kappa shape index (κ3) is 1.14. The number of nitrogens with zero attached hydrogens (tertiary/aromatic N) is 2. The van der Waals surface area contributed by atoms with E-state index in [1.165, 1.54) is 14.1 Å². The summed E-state index contributed by atoms with van der Waals surface area (Å²) >= 11 is 0. The number of aliphatic hydroxyl groups is 1. The van der Waals surface area contributed by atoms with Gasteiger partial charge in [-0.15, -0.1) is 0 Å². The number of hydrogen-bond donors (Lipinski definition) is 1. The molecule has 11 heavy (non-hydrogen) atoms. The van der Waals surface area contributed by atoms with Crippen LogP contribution in [0.25, 0.3) is 0 Å². The highest BCUT2D eigenvalue weighted by molar-refractivity contribution is 5.76. The normalized spacial score (nSPS) is 25.5. The summed E-state index contributed by atoms with van der Waals surface area (Å²) in [6.45, 7) is 0. The first-order chi connectivity index (χ1) is 5.04. The Morgan fingerprint density at radius 3 is 2.64 bits per heavy atom. The first-order valence-corrected chi connectivity index (χ1v) is 3.11. The Balaban J connectivity index is 2.92. The minimum absolute atomic E-state index is 0.472. The molecule has 1 heterocycles. The van der Waals surface area contributed by atoms with Gasteiger partial charge in [0.05, 0.1) is 0 Å². The van der Waals surface area contributed by atoms with E-state index in [1.54, 1.807) is 0 Å². The van der Waals surface area contributed by atoms with Crippen molar-refractivity contribution in [3.05, 3.63) is 12.0 Å². The smallest absolute Gasteiger partial charge is 0.328 e. The molecule has 61 valence electrons. The molecule has 1 N–H and O–H groups in total. The molecule has 0 aliphatic carbocycles. The summed E-state index contributed by atoms with van der Waals surface area (Å²) in [6, 6.07) is -0.495. The van der Waals surface area contributed by atoms with Crippen molar-refractivity contribution in [2.45, 2.75) is 6.23 Å². The van der Waals surface area contributed by atoms with Crippen molar-refractivity contribution >= 4 is 6.03 Å². The molecular weight excluding hydrogens is 148 g/mol. The van der Waals surface area contributed by atoms with Crippen molar-refractivity contribution in [3.63, 3.8) is 0 Å². The Bertz CT molecular complexity index is 214. The van der Waals surface area contributed by atoms with Gasteiger partial charge in [-0.25, -0.2) is 4.79 Å². The van der Waals surface area contributed by atoms with E-state index in [-0.39, 0.29) is 0 Å². The molecule has 1 radical (unpaired) electrons. The van der Waals surface area contributed by atoms with Crippen LogP contribution in [0.1, 0.15) is 0 Å². The Morgan fingerprint density at radius 1 is 1.55 bits per heavy atom. The molecule has 0 aromatic carbocycles. The van der Waals surface area contributed by atoms with E-state index in [0.717, 1.165) is 15.9 Å². The maximum absolute atomic E-state index is 11.0. The first-order valence-electron chi connectivity index (χ1n) is 3.11. The molecule has 1 unspecified atom stereocenters. The number of likely N-dealkylation sites (N-methyl/N-ethyl adjacent to an activating group) is 1. The molecule has 5 nitrogen and oxygen atoms in total.